The topological polar surface area (TPSA) is 67.9 Å². The molecule has 0 bridgehead atoms. The van der Waals surface area contributed by atoms with Gasteiger partial charge in [0, 0.05) is 48.1 Å². The fraction of sp³-hybridized carbons (Fsp3) is 0.200. The van der Waals surface area contributed by atoms with Crippen LogP contribution in [0.25, 0.3) is 11.3 Å². The lowest BCUT2D eigenvalue weighted by Gasteiger charge is -2.33. The van der Waals surface area contributed by atoms with Crippen LogP contribution in [0.3, 0.4) is 0 Å². The number of amides is 2. The zero-order valence-corrected chi connectivity index (χ0v) is 24.8. The molecule has 0 saturated carbocycles. The van der Waals surface area contributed by atoms with Gasteiger partial charge < -0.3 is 20.4 Å². The van der Waals surface area contributed by atoms with Crippen molar-refractivity contribution in [3.05, 3.63) is 125 Å². The van der Waals surface area contributed by atoms with E-state index in [-0.39, 0.29) is 11.8 Å². The smallest absolute Gasteiger partial charge is 0.258 e. The van der Waals surface area contributed by atoms with Crippen LogP contribution >= 0.6 is 11.6 Å². The molecule has 2 heterocycles. The number of likely N-dealkylation sites (N-methyl/N-ethyl adjacent to an activating group) is 1. The molecule has 218 valence electrons. The first-order valence-electron chi connectivity index (χ1n) is 14.5. The molecular formula is C35H34ClN5O2. The number of piperazine rings is 1. The fourth-order valence-corrected chi connectivity index (χ4v) is 5.69. The highest BCUT2D eigenvalue weighted by molar-refractivity contribution is 6.38. The lowest BCUT2D eigenvalue weighted by molar-refractivity contribution is -0.120. The Balaban J connectivity index is 1.30. The van der Waals surface area contributed by atoms with E-state index in [9.17, 15) is 9.59 Å². The first kappa shape index (κ1) is 28.7. The van der Waals surface area contributed by atoms with E-state index in [1.165, 1.54) is 0 Å². The number of hydrogen-bond donors (Lipinski definition) is 2. The summed E-state index contributed by atoms with van der Waals surface area (Å²) in [4.78, 5) is 33.3. The zero-order valence-electron chi connectivity index (χ0n) is 24.1. The summed E-state index contributed by atoms with van der Waals surface area (Å²) in [6, 6.07) is 33.1. The maximum absolute atomic E-state index is 13.7. The minimum Gasteiger partial charge on any atom is -0.354 e. The third-order valence-corrected chi connectivity index (χ3v) is 8.16. The number of halogens is 1. The van der Waals surface area contributed by atoms with Gasteiger partial charge in [-0.05, 0) is 54.6 Å². The van der Waals surface area contributed by atoms with E-state index in [1.54, 1.807) is 12.1 Å². The van der Waals surface area contributed by atoms with Crippen molar-refractivity contribution >= 4 is 51.7 Å². The Morgan fingerprint density at radius 3 is 2.26 bits per heavy atom. The van der Waals surface area contributed by atoms with Crippen LogP contribution in [0.15, 0.2) is 103 Å². The van der Waals surface area contributed by atoms with Crippen LogP contribution in [0, 0.1) is 0 Å². The summed E-state index contributed by atoms with van der Waals surface area (Å²) < 4.78 is 0. The van der Waals surface area contributed by atoms with Crippen LogP contribution in [0.2, 0.25) is 5.02 Å². The van der Waals surface area contributed by atoms with Crippen LogP contribution in [0.1, 0.15) is 16.7 Å². The van der Waals surface area contributed by atoms with Gasteiger partial charge in [-0.1, -0.05) is 78.3 Å². The maximum Gasteiger partial charge on any atom is 0.258 e. The molecule has 2 aliphatic rings. The van der Waals surface area contributed by atoms with E-state index in [0.717, 1.165) is 54.2 Å². The van der Waals surface area contributed by atoms with Crippen molar-refractivity contribution in [2.75, 3.05) is 55.3 Å². The Morgan fingerprint density at radius 2 is 1.56 bits per heavy atom. The third kappa shape index (κ3) is 6.65. The number of nitrogens with zero attached hydrogens (tertiary/aromatic N) is 3. The number of fused-ring (bicyclic) bond motifs is 1. The number of rotatable bonds is 8. The molecule has 2 aliphatic heterocycles. The SMILES string of the molecule is CN1CCN(CC(=O)N(Cc2ccccc2)c2ccc(NC(=C3C(=O)Nc4cc(Cl)ccc43)c3ccccc3)cc2)CC1. The maximum atomic E-state index is 13.7. The molecule has 0 aromatic heterocycles. The number of nitrogens with one attached hydrogen (secondary N) is 2. The number of benzene rings is 4. The van der Waals surface area contributed by atoms with E-state index >= 15 is 0 Å². The minimum absolute atomic E-state index is 0.0686. The Labute approximate surface area is 257 Å². The van der Waals surface area contributed by atoms with E-state index in [0.29, 0.717) is 35.1 Å². The molecule has 4 aromatic rings. The molecule has 0 aliphatic carbocycles. The Morgan fingerprint density at radius 1 is 0.884 bits per heavy atom. The molecule has 2 N–H and O–H groups in total. The van der Waals surface area contributed by atoms with E-state index in [1.807, 2.05) is 95.9 Å². The second-order valence-corrected chi connectivity index (χ2v) is 11.4. The fourth-order valence-electron chi connectivity index (χ4n) is 5.52. The van der Waals surface area contributed by atoms with Gasteiger partial charge in [-0.3, -0.25) is 14.5 Å². The average molecular weight is 592 g/mol. The Hall–Kier alpha value is -4.43. The van der Waals surface area contributed by atoms with Gasteiger partial charge in [0.05, 0.1) is 30.0 Å². The largest absolute Gasteiger partial charge is 0.354 e. The van der Waals surface area contributed by atoms with Crippen LogP contribution in [0.5, 0.6) is 0 Å². The summed E-state index contributed by atoms with van der Waals surface area (Å²) in [6.45, 7) is 4.54. The molecule has 6 rings (SSSR count). The van der Waals surface area contributed by atoms with Crippen molar-refractivity contribution in [1.29, 1.82) is 0 Å². The third-order valence-electron chi connectivity index (χ3n) is 7.93. The summed E-state index contributed by atoms with van der Waals surface area (Å²) >= 11 is 6.20. The summed E-state index contributed by atoms with van der Waals surface area (Å²) in [5, 5.41) is 7.02. The van der Waals surface area contributed by atoms with Gasteiger partial charge in [-0.25, -0.2) is 0 Å². The standard InChI is InChI=1S/C35H34ClN5O2/c1-39-18-20-40(21-19-39)24-32(42)41(23-25-8-4-2-5-9-25)29-15-13-28(14-16-29)37-34(26-10-6-3-7-11-26)33-30-17-12-27(36)22-31(30)38-35(33)43/h2-17,22,37H,18-21,23-24H2,1H3,(H,38,43). The number of carbonyl (C=O) groups excluding carboxylic acids is 2. The lowest BCUT2D eigenvalue weighted by Crippen LogP contribution is -2.48. The Bertz CT molecular complexity index is 1630. The zero-order chi connectivity index (χ0) is 29.8. The molecular weight excluding hydrogens is 558 g/mol. The first-order valence-corrected chi connectivity index (χ1v) is 14.9. The normalized spacial score (nSPS) is 16.4. The van der Waals surface area contributed by atoms with Gasteiger partial charge in [0.15, 0.2) is 0 Å². The summed E-state index contributed by atoms with van der Waals surface area (Å²) in [6.07, 6.45) is 0. The highest BCUT2D eigenvalue weighted by Gasteiger charge is 2.29. The molecule has 0 atom stereocenters. The van der Waals surface area contributed by atoms with Crippen LogP contribution in [0.4, 0.5) is 17.1 Å². The number of hydrogen-bond acceptors (Lipinski definition) is 5. The summed E-state index contributed by atoms with van der Waals surface area (Å²) in [5.74, 6) is -0.122. The van der Waals surface area contributed by atoms with Gasteiger partial charge in [0.25, 0.3) is 5.91 Å². The molecule has 4 aromatic carbocycles. The van der Waals surface area contributed by atoms with Crippen molar-refractivity contribution in [3.63, 3.8) is 0 Å². The molecule has 1 saturated heterocycles. The summed E-state index contributed by atoms with van der Waals surface area (Å²) in [5.41, 5.74) is 6.30. The Kier molecular flexibility index (Phi) is 8.56. The average Bonchev–Trinajstić information content (AvgIpc) is 3.35. The van der Waals surface area contributed by atoms with E-state index in [4.69, 9.17) is 11.6 Å². The number of anilines is 3. The van der Waals surface area contributed by atoms with Crippen LogP contribution in [-0.2, 0) is 16.1 Å². The highest BCUT2D eigenvalue weighted by Crippen LogP contribution is 2.39. The van der Waals surface area contributed by atoms with Gasteiger partial charge in [-0.2, -0.15) is 0 Å². The monoisotopic (exact) mass is 591 g/mol. The van der Waals surface area contributed by atoms with E-state index < -0.39 is 0 Å². The molecule has 7 nitrogen and oxygen atoms in total. The quantitative estimate of drug-likeness (QED) is 0.244. The first-order chi connectivity index (χ1) is 20.9. The number of carbonyl (C=O) groups is 2. The molecule has 1 fully saturated rings. The summed E-state index contributed by atoms with van der Waals surface area (Å²) in [7, 11) is 2.11. The molecule has 8 heteroatoms. The lowest BCUT2D eigenvalue weighted by atomic mass is 10.00. The van der Waals surface area contributed by atoms with Gasteiger partial charge in [-0.15, -0.1) is 0 Å². The van der Waals surface area contributed by atoms with Crippen molar-refractivity contribution in [1.82, 2.24) is 9.80 Å². The van der Waals surface area contributed by atoms with Crippen molar-refractivity contribution < 1.29 is 9.59 Å². The highest BCUT2D eigenvalue weighted by atomic mass is 35.5. The molecule has 2 amide bonds. The predicted molar refractivity (Wildman–Crippen MR) is 175 cm³/mol. The molecule has 0 unspecified atom stereocenters. The predicted octanol–water partition coefficient (Wildman–Crippen LogP) is 6.05. The van der Waals surface area contributed by atoms with Crippen LogP contribution in [-0.4, -0.2) is 61.4 Å². The molecule has 0 spiro atoms. The second kappa shape index (κ2) is 12.8. The van der Waals surface area contributed by atoms with Crippen molar-refractivity contribution in [3.8, 4) is 0 Å². The van der Waals surface area contributed by atoms with Crippen molar-refractivity contribution in [2.24, 2.45) is 0 Å². The van der Waals surface area contributed by atoms with Crippen LogP contribution < -0.4 is 15.5 Å². The molecule has 43 heavy (non-hydrogen) atoms. The van der Waals surface area contributed by atoms with Gasteiger partial charge in [0.2, 0.25) is 5.91 Å². The van der Waals surface area contributed by atoms with Crippen molar-refractivity contribution in [2.45, 2.75) is 6.54 Å². The minimum atomic E-state index is -0.191. The van der Waals surface area contributed by atoms with Gasteiger partial charge in [0.1, 0.15) is 0 Å². The molecule has 0 radical (unpaired) electrons. The van der Waals surface area contributed by atoms with Gasteiger partial charge >= 0.3 is 0 Å². The van der Waals surface area contributed by atoms with E-state index in [2.05, 4.69) is 27.5 Å². The second-order valence-electron chi connectivity index (χ2n) is 11.0.